The number of halogens is 3. The van der Waals surface area contributed by atoms with Crippen LogP contribution in [-0.4, -0.2) is 21.9 Å². The number of rotatable bonds is 5. The van der Waals surface area contributed by atoms with Crippen molar-refractivity contribution in [3.63, 3.8) is 0 Å². The lowest BCUT2D eigenvalue weighted by atomic mass is 10.2. The van der Waals surface area contributed by atoms with Crippen molar-refractivity contribution in [3.8, 4) is 11.5 Å². The van der Waals surface area contributed by atoms with Gasteiger partial charge in [0.15, 0.2) is 11.6 Å². The van der Waals surface area contributed by atoms with Crippen molar-refractivity contribution in [1.29, 1.82) is 0 Å². The number of aromatic nitrogens is 2. The molecule has 0 unspecified atom stereocenters. The minimum atomic E-state index is -1.05. The Morgan fingerprint density at radius 1 is 1.04 bits per heavy atom. The summed E-state index contributed by atoms with van der Waals surface area (Å²) in [6.45, 7) is 0. The molecule has 0 bridgehead atoms. The average Bonchev–Trinajstić information content (AvgIpc) is 3.06. The second-order valence-corrected chi connectivity index (χ2v) is 5.77. The van der Waals surface area contributed by atoms with Crippen LogP contribution in [0.3, 0.4) is 0 Å². The maximum atomic E-state index is 13.1. The van der Waals surface area contributed by atoms with Gasteiger partial charge in [0.05, 0.1) is 5.75 Å². The third-order valence-corrected chi connectivity index (χ3v) is 3.85. The molecule has 0 spiro atoms. The standard InChI is InChI=1S/C16H10F3N3O2S/c17-10-3-1-9(2-4-10)15-21-22-16(24-15)25-8-14(23)20-11-5-6-12(18)13(19)7-11/h1-7H,8H2,(H,20,23). The van der Waals surface area contributed by atoms with Crippen molar-refractivity contribution in [1.82, 2.24) is 10.2 Å². The number of anilines is 1. The Hall–Kier alpha value is -2.81. The number of carbonyl (C=O) groups is 1. The zero-order chi connectivity index (χ0) is 17.8. The minimum absolute atomic E-state index is 0.0654. The highest BCUT2D eigenvalue weighted by molar-refractivity contribution is 7.99. The molecule has 0 saturated carbocycles. The summed E-state index contributed by atoms with van der Waals surface area (Å²) >= 11 is 0.980. The minimum Gasteiger partial charge on any atom is -0.411 e. The van der Waals surface area contributed by atoms with Gasteiger partial charge in [-0.3, -0.25) is 4.79 Å². The zero-order valence-corrected chi connectivity index (χ0v) is 13.3. The largest absolute Gasteiger partial charge is 0.411 e. The van der Waals surface area contributed by atoms with E-state index in [4.69, 9.17) is 4.42 Å². The molecular formula is C16H10F3N3O2S. The first kappa shape index (κ1) is 17.0. The van der Waals surface area contributed by atoms with E-state index < -0.39 is 17.5 Å². The fourth-order valence-electron chi connectivity index (χ4n) is 1.88. The maximum Gasteiger partial charge on any atom is 0.277 e. The van der Waals surface area contributed by atoms with Crippen molar-refractivity contribution in [3.05, 3.63) is 59.9 Å². The molecular weight excluding hydrogens is 355 g/mol. The first-order chi connectivity index (χ1) is 12.0. The SMILES string of the molecule is O=C(CSc1nnc(-c2ccc(F)cc2)o1)Nc1ccc(F)c(F)c1. The quantitative estimate of drug-likeness (QED) is 0.695. The van der Waals surface area contributed by atoms with Crippen LogP contribution in [0.4, 0.5) is 18.9 Å². The summed E-state index contributed by atoms with van der Waals surface area (Å²) in [6, 6.07) is 8.58. The van der Waals surface area contributed by atoms with Crippen LogP contribution in [0.2, 0.25) is 0 Å². The van der Waals surface area contributed by atoms with Crippen LogP contribution in [0.5, 0.6) is 0 Å². The second-order valence-electron chi connectivity index (χ2n) is 4.85. The van der Waals surface area contributed by atoms with Crippen LogP contribution in [-0.2, 0) is 4.79 Å². The fraction of sp³-hybridized carbons (Fsp3) is 0.0625. The number of thioether (sulfide) groups is 1. The van der Waals surface area contributed by atoms with E-state index in [9.17, 15) is 18.0 Å². The Bertz CT molecular complexity index is 900. The van der Waals surface area contributed by atoms with Crippen molar-refractivity contribution >= 4 is 23.4 Å². The zero-order valence-electron chi connectivity index (χ0n) is 12.5. The highest BCUT2D eigenvalue weighted by Crippen LogP contribution is 2.23. The van der Waals surface area contributed by atoms with Gasteiger partial charge in [-0.2, -0.15) is 0 Å². The van der Waals surface area contributed by atoms with Crippen LogP contribution in [0, 0.1) is 17.5 Å². The lowest BCUT2D eigenvalue weighted by Gasteiger charge is -2.04. The van der Waals surface area contributed by atoms with E-state index in [2.05, 4.69) is 15.5 Å². The van der Waals surface area contributed by atoms with E-state index >= 15 is 0 Å². The molecule has 3 rings (SSSR count). The number of amides is 1. The van der Waals surface area contributed by atoms with Gasteiger partial charge in [0.1, 0.15) is 5.82 Å². The Labute approximate surface area is 144 Å². The molecule has 0 fully saturated rings. The first-order valence-electron chi connectivity index (χ1n) is 6.98. The lowest BCUT2D eigenvalue weighted by molar-refractivity contribution is -0.113. The van der Waals surface area contributed by atoms with Gasteiger partial charge in [-0.15, -0.1) is 10.2 Å². The lowest BCUT2D eigenvalue weighted by Crippen LogP contribution is -2.14. The maximum absolute atomic E-state index is 13.1. The third kappa shape index (κ3) is 4.38. The van der Waals surface area contributed by atoms with Crippen LogP contribution in [0.1, 0.15) is 0 Å². The average molecular weight is 365 g/mol. The van der Waals surface area contributed by atoms with Crippen molar-refractivity contribution < 1.29 is 22.4 Å². The predicted octanol–water partition coefficient (Wildman–Crippen LogP) is 3.88. The molecule has 9 heteroatoms. The highest BCUT2D eigenvalue weighted by Gasteiger charge is 2.12. The molecule has 2 aromatic carbocycles. The van der Waals surface area contributed by atoms with Crippen molar-refractivity contribution in [2.45, 2.75) is 5.22 Å². The number of hydrogen-bond donors (Lipinski definition) is 1. The topological polar surface area (TPSA) is 68.0 Å². The van der Waals surface area contributed by atoms with Crippen LogP contribution >= 0.6 is 11.8 Å². The molecule has 1 N–H and O–H groups in total. The van der Waals surface area contributed by atoms with E-state index in [1.807, 2.05) is 0 Å². The number of nitrogens with zero attached hydrogens (tertiary/aromatic N) is 2. The molecule has 0 aliphatic carbocycles. The van der Waals surface area contributed by atoms with E-state index in [0.29, 0.717) is 5.56 Å². The molecule has 0 atom stereocenters. The van der Waals surface area contributed by atoms with Gasteiger partial charge >= 0.3 is 0 Å². The molecule has 5 nitrogen and oxygen atoms in total. The molecule has 25 heavy (non-hydrogen) atoms. The Balaban J connectivity index is 1.57. The molecule has 1 aromatic heterocycles. The van der Waals surface area contributed by atoms with E-state index in [0.717, 1.165) is 23.9 Å². The van der Waals surface area contributed by atoms with E-state index in [1.165, 1.54) is 30.3 Å². The summed E-state index contributed by atoms with van der Waals surface area (Å²) in [6.07, 6.45) is 0. The summed E-state index contributed by atoms with van der Waals surface area (Å²) < 4.78 is 44.2. The van der Waals surface area contributed by atoms with Crippen molar-refractivity contribution in [2.75, 3.05) is 11.1 Å². The smallest absolute Gasteiger partial charge is 0.277 e. The first-order valence-corrected chi connectivity index (χ1v) is 7.97. The van der Waals surface area contributed by atoms with E-state index in [1.54, 1.807) is 0 Å². The molecule has 0 radical (unpaired) electrons. The van der Waals surface area contributed by atoms with Gasteiger partial charge in [0, 0.05) is 17.3 Å². The molecule has 0 aliphatic rings. The summed E-state index contributed by atoms with van der Waals surface area (Å²) in [5.74, 6) is -2.74. The van der Waals surface area contributed by atoms with Gasteiger partial charge in [0.2, 0.25) is 11.8 Å². The normalized spacial score (nSPS) is 10.7. The third-order valence-electron chi connectivity index (χ3n) is 3.03. The van der Waals surface area contributed by atoms with Gasteiger partial charge in [-0.1, -0.05) is 11.8 Å². The molecule has 128 valence electrons. The predicted molar refractivity (Wildman–Crippen MR) is 85.4 cm³/mol. The van der Waals surface area contributed by atoms with Gasteiger partial charge in [0.25, 0.3) is 5.22 Å². The number of nitrogens with one attached hydrogen (secondary N) is 1. The summed E-state index contributed by atoms with van der Waals surface area (Å²) in [7, 11) is 0. The van der Waals surface area contributed by atoms with Crippen LogP contribution < -0.4 is 5.32 Å². The summed E-state index contributed by atoms with van der Waals surface area (Å²) in [5, 5.41) is 10.2. The number of benzene rings is 2. The van der Waals surface area contributed by atoms with Crippen LogP contribution in [0.15, 0.2) is 52.1 Å². The van der Waals surface area contributed by atoms with Crippen molar-refractivity contribution in [2.24, 2.45) is 0 Å². The monoisotopic (exact) mass is 365 g/mol. The van der Waals surface area contributed by atoms with E-state index in [-0.39, 0.29) is 28.4 Å². The van der Waals surface area contributed by atoms with Gasteiger partial charge in [-0.25, -0.2) is 13.2 Å². The Kier molecular flexibility index (Phi) is 5.03. The second kappa shape index (κ2) is 7.39. The Morgan fingerprint density at radius 3 is 2.52 bits per heavy atom. The molecule has 0 saturated heterocycles. The molecule has 0 aliphatic heterocycles. The van der Waals surface area contributed by atoms with Crippen LogP contribution in [0.25, 0.3) is 11.5 Å². The summed E-state index contributed by atoms with van der Waals surface area (Å²) in [4.78, 5) is 11.8. The Morgan fingerprint density at radius 2 is 1.80 bits per heavy atom. The molecule has 1 heterocycles. The van der Waals surface area contributed by atoms with Gasteiger partial charge in [-0.05, 0) is 36.4 Å². The number of carbonyl (C=O) groups excluding carboxylic acids is 1. The summed E-state index contributed by atoms with van der Waals surface area (Å²) in [5.41, 5.74) is 0.689. The van der Waals surface area contributed by atoms with Gasteiger partial charge < -0.3 is 9.73 Å². The number of hydrogen-bond acceptors (Lipinski definition) is 5. The molecule has 3 aromatic rings. The highest BCUT2D eigenvalue weighted by atomic mass is 32.2. The fourth-order valence-corrected chi connectivity index (χ4v) is 2.44. The molecule has 1 amide bonds.